The molecule has 16 heavy (non-hydrogen) atoms. The first-order valence-electron chi connectivity index (χ1n) is 5.00. The topological polar surface area (TPSA) is 85.1 Å². The highest BCUT2D eigenvalue weighted by Crippen LogP contribution is 2.20. The molecule has 0 amide bonds. The molecular formula is C9H16BrN5O. The summed E-state index contributed by atoms with van der Waals surface area (Å²) < 4.78 is 6.09. The van der Waals surface area contributed by atoms with Gasteiger partial charge in [-0.1, -0.05) is 0 Å². The largest absolute Gasteiger partial charge is 0.380 e. The number of halogens is 1. The van der Waals surface area contributed by atoms with E-state index in [1.807, 2.05) is 13.8 Å². The van der Waals surface area contributed by atoms with Gasteiger partial charge >= 0.3 is 0 Å². The van der Waals surface area contributed by atoms with Crippen molar-refractivity contribution in [2.24, 2.45) is 5.84 Å². The Labute approximate surface area is 103 Å². The number of nitrogens with zero attached hydrogens (tertiary/aromatic N) is 2. The third-order valence-electron chi connectivity index (χ3n) is 1.83. The van der Waals surface area contributed by atoms with Gasteiger partial charge in [0.05, 0.1) is 11.1 Å². The number of nitrogens with one attached hydrogen (secondary N) is 2. The van der Waals surface area contributed by atoms with Crippen molar-refractivity contribution in [1.82, 2.24) is 9.97 Å². The third kappa shape index (κ3) is 3.92. The highest BCUT2D eigenvalue weighted by molar-refractivity contribution is 9.10. The molecule has 7 heteroatoms. The normalized spacial score (nSPS) is 12.2. The number of nitrogens with two attached hydrogens (primary N) is 1. The lowest BCUT2D eigenvalue weighted by Crippen LogP contribution is -2.23. The minimum absolute atomic E-state index is 0.164. The molecule has 4 N–H and O–H groups in total. The summed E-state index contributed by atoms with van der Waals surface area (Å²) in [6, 6.07) is 0.164. The Bertz CT molecular complexity index is 336. The van der Waals surface area contributed by atoms with Gasteiger partial charge in [0.25, 0.3) is 0 Å². The van der Waals surface area contributed by atoms with Crippen LogP contribution in [-0.4, -0.2) is 29.2 Å². The fraction of sp³-hybridized carbons (Fsp3) is 0.556. The van der Waals surface area contributed by atoms with Gasteiger partial charge in [-0.3, -0.25) is 5.43 Å². The maximum Gasteiger partial charge on any atom is 0.239 e. The van der Waals surface area contributed by atoms with Gasteiger partial charge in [0, 0.05) is 18.8 Å². The second-order valence-electron chi connectivity index (χ2n) is 3.24. The lowest BCUT2D eigenvalue weighted by molar-refractivity contribution is 0.141. The average molecular weight is 290 g/mol. The molecule has 1 unspecified atom stereocenters. The summed E-state index contributed by atoms with van der Waals surface area (Å²) in [5, 5.41) is 3.20. The molecule has 0 radical (unpaired) electrons. The second kappa shape index (κ2) is 6.62. The van der Waals surface area contributed by atoms with E-state index in [1.54, 1.807) is 6.20 Å². The van der Waals surface area contributed by atoms with Gasteiger partial charge in [0.2, 0.25) is 5.95 Å². The van der Waals surface area contributed by atoms with Crippen LogP contribution in [0.15, 0.2) is 10.7 Å². The molecule has 1 atom stereocenters. The molecular weight excluding hydrogens is 274 g/mol. The molecule has 0 saturated heterocycles. The second-order valence-corrected chi connectivity index (χ2v) is 4.09. The summed E-state index contributed by atoms with van der Waals surface area (Å²) in [6.07, 6.45) is 1.64. The smallest absolute Gasteiger partial charge is 0.239 e. The van der Waals surface area contributed by atoms with Crippen LogP contribution < -0.4 is 16.6 Å². The number of hydrazine groups is 1. The van der Waals surface area contributed by atoms with Crippen LogP contribution in [0, 0.1) is 0 Å². The summed E-state index contributed by atoms with van der Waals surface area (Å²) in [5.74, 6) is 6.30. The maximum atomic E-state index is 5.30. The molecule has 1 heterocycles. The monoisotopic (exact) mass is 289 g/mol. The zero-order valence-corrected chi connectivity index (χ0v) is 10.9. The number of rotatable bonds is 6. The molecule has 0 aliphatic rings. The molecule has 0 bridgehead atoms. The highest BCUT2D eigenvalue weighted by Gasteiger charge is 2.08. The standard InChI is InChI=1S/C9H16BrN5O/c1-3-16-5-6(2)13-8-7(10)4-12-9(14-8)15-11/h4,6H,3,5,11H2,1-2H3,(H2,12,13,14,15). The van der Waals surface area contributed by atoms with Crippen LogP contribution >= 0.6 is 15.9 Å². The zero-order valence-electron chi connectivity index (χ0n) is 9.33. The Morgan fingerprint density at radius 3 is 3.00 bits per heavy atom. The molecule has 6 nitrogen and oxygen atoms in total. The predicted octanol–water partition coefficient (Wildman–Crippen LogP) is 1.36. The van der Waals surface area contributed by atoms with Crippen molar-refractivity contribution >= 4 is 27.7 Å². The maximum absolute atomic E-state index is 5.30. The van der Waals surface area contributed by atoms with Crippen molar-refractivity contribution < 1.29 is 4.74 Å². The van der Waals surface area contributed by atoms with E-state index in [4.69, 9.17) is 10.6 Å². The number of anilines is 2. The number of nitrogen functional groups attached to an aromatic ring is 1. The van der Waals surface area contributed by atoms with Crippen LogP contribution in [0.1, 0.15) is 13.8 Å². The molecule has 1 aromatic rings. The molecule has 0 aromatic carbocycles. The molecule has 0 spiro atoms. The minimum atomic E-state index is 0.164. The van der Waals surface area contributed by atoms with E-state index >= 15 is 0 Å². The molecule has 1 rings (SSSR count). The summed E-state index contributed by atoms with van der Waals surface area (Å²) in [4.78, 5) is 8.14. The number of ether oxygens (including phenoxy) is 1. The number of hydrogen-bond acceptors (Lipinski definition) is 6. The van der Waals surface area contributed by atoms with Crippen LogP contribution in [0.5, 0.6) is 0 Å². The quantitative estimate of drug-likeness (QED) is 0.542. The third-order valence-corrected chi connectivity index (χ3v) is 2.41. The van der Waals surface area contributed by atoms with Crippen LogP contribution in [-0.2, 0) is 4.74 Å². The van der Waals surface area contributed by atoms with Crippen LogP contribution in [0.2, 0.25) is 0 Å². The van der Waals surface area contributed by atoms with Gasteiger partial charge in [-0.05, 0) is 29.8 Å². The van der Waals surface area contributed by atoms with E-state index < -0.39 is 0 Å². The van der Waals surface area contributed by atoms with Crippen molar-refractivity contribution in [3.05, 3.63) is 10.7 Å². The first-order chi connectivity index (χ1) is 7.67. The van der Waals surface area contributed by atoms with E-state index in [0.29, 0.717) is 25.0 Å². The van der Waals surface area contributed by atoms with Gasteiger partial charge < -0.3 is 10.1 Å². The fourth-order valence-corrected chi connectivity index (χ4v) is 1.41. The van der Waals surface area contributed by atoms with Crippen molar-refractivity contribution in [2.75, 3.05) is 24.0 Å². The van der Waals surface area contributed by atoms with Crippen LogP contribution in [0.25, 0.3) is 0 Å². The van der Waals surface area contributed by atoms with Crippen LogP contribution in [0.4, 0.5) is 11.8 Å². The first kappa shape index (κ1) is 13.1. The van der Waals surface area contributed by atoms with Crippen molar-refractivity contribution in [1.29, 1.82) is 0 Å². The lowest BCUT2D eigenvalue weighted by Gasteiger charge is -2.15. The van der Waals surface area contributed by atoms with E-state index in [1.165, 1.54) is 0 Å². The summed E-state index contributed by atoms with van der Waals surface area (Å²) in [5.41, 5.74) is 2.40. The SMILES string of the molecule is CCOCC(C)Nc1nc(NN)ncc1Br. The van der Waals surface area contributed by atoms with Gasteiger partial charge in [0.1, 0.15) is 5.82 Å². The van der Waals surface area contributed by atoms with E-state index in [9.17, 15) is 0 Å². The highest BCUT2D eigenvalue weighted by atomic mass is 79.9. The summed E-state index contributed by atoms with van der Waals surface area (Å²) in [7, 11) is 0. The molecule has 0 aliphatic heterocycles. The van der Waals surface area contributed by atoms with Crippen LogP contribution in [0.3, 0.4) is 0 Å². The zero-order chi connectivity index (χ0) is 12.0. The number of aromatic nitrogens is 2. The van der Waals surface area contributed by atoms with Crippen molar-refractivity contribution in [3.8, 4) is 0 Å². The predicted molar refractivity (Wildman–Crippen MR) is 67.1 cm³/mol. The Hall–Kier alpha value is -0.920. The minimum Gasteiger partial charge on any atom is -0.380 e. The molecule has 90 valence electrons. The van der Waals surface area contributed by atoms with Gasteiger partial charge in [-0.25, -0.2) is 10.8 Å². The molecule has 0 fully saturated rings. The Morgan fingerprint density at radius 1 is 1.62 bits per heavy atom. The van der Waals surface area contributed by atoms with E-state index in [-0.39, 0.29) is 6.04 Å². The van der Waals surface area contributed by atoms with Crippen molar-refractivity contribution in [3.63, 3.8) is 0 Å². The van der Waals surface area contributed by atoms with Gasteiger partial charge in [-0.2, -0.15) is 4.98 Å². The number of hydrogen-bond donors (Lipinski definition) is 3. The average Bonchev–Trinajstić information content (AvgIpc) is 2.29. The fourth-order valence-electron chi connectivity index (χ4n) is 1.11. The molecule has 0 aliphatic carbocycles. The molecule has 1 aromatic heterocycles. The van der Waals surface area contributed by atoms with Gasteiger partial charge in [0.15, 0.2) is 0 Å². The Morgan fingerprint density at radius 2 is 2.38 bits per heavy atom. The first-order valence-corrected chi connectivity index (χ1v) is 5.80. The van der Waals surface area contributed by atoms with E-state index in [2.05, 4.69) is 36.6 Å². The van der Waals surface area contributed by atoms with Gasteiger partial charge in [-0.15, -0.1) is 0 Å². The molecule has 0 saturated carbocycles. The summed E-state index contributed by atoms with van der Waals surface area (Å²) in [6.45, 7) is 5.30. The Kier molecular flexibility index (Phi) is 5.44. The lowest BCUT2D eigenvalue weighted by atomic mass is 10.3. The van der Waals surface area contributed by atoms with Crippen molar-refractivity contribution in [2.45, 2.75) is 19.9 Å². The van der Waals surface area contributed by atoms with E-state index in [0.717, 1.165) is 4.47 Å². The summed E-state index contributed by atoms with van der Waals surface area (Å²) >= 11 is 3.36. The Balaban J connectivity index is 2.64.